The van der Waals surface area contributed by atoms with Crippen molar-refractivity contribution in [2.24, 2.45) is 0 Å². The number of benzene rings is 13. The Labute approximate surface area is 506 Å². The molecule has 0 saturated heterocycles. The molecular weight excluding hydrogens is 1040 g/mol. The van der Waals surface area contributed by atoms with E-state index < -0.39 is 0 Å². The van der Waals surface area contributed by atoms with E-state index in [9.17, 15) is 0 Å². The molecule has 0 saturated carbocycles. The predicted octanol–water partition coefficient (Wildman–Crippen LogP) is 22.7. The second-order valence-corrected chi connectivity index (χ2v) is 22.3. The summed E-state index contributed by atoms with van der Waals surface area (Å²) in [5.74, 6) is 0. The van der Waals surface area contributed by atoms with Crippen LogP contribution in [0.1, 0.15) is 66.8 Å². The van der Waals surface area contributed by atoms with Crippen molar-refractivity contribution >= 4 is 91.1 Å². The SMILES string of the molecule is Cc1ccc(N(c2ccc(/C=C/c3ccccc3CCc3ccc(N(c4ccc(C)cc4)c4ccc(/C=C(\c5ccccc5)c5ccc6ccccc6c5)cc4)cc3)cc2)c2ccc(/C=C(\c3ccccc3)c3ccc4ccccc4c3)cc2)cc1. The Morgan fingerprint density at radius 3 is 1.08 bits per heavy atom. The van der Waals surface area contributed by atoms with Crippen molar-refractivity contribution in [1.82, 2.24) is 0 Å². The molecule has 0 unspecified atom stereocenters. The first kappa shape index (κ1) is 54.4. The molecule has 0 bridgehead atoms. The fraction of sp³-hybridized carbons (Fsp3) is 0.0476. The van der Waals surface area contributed by atoms with E-state index in [2.05, 4.69) is 363 Å². The zero-order valence-electron chi connectivity index (χ0n) is 48.6. The number of hydrogen-bond acceptors (Lipinski definition) is 2. The number of hydrogen-bond donors (Lipinski definition) is 0. The largest absolute Gasteiger partial charge is 0.311 e. The molecule has 0 spiro atoms. The average Bonchev–Trinajstić information content (AvgIpc) is 2.58. The van der Waals surface area contributed by atoms with Crippen LogP contribution in [0, 0.1) is 13.8 Å². The first-order valence-electron chi connectivity index (χ1n) is 29.8. The van der Waals surface area contributed by atoms with Crippen LogP contribution in [0.25, 0.3) is 57.0 Å². The zero-order chi connectivity index (χ0) is 58.0. The highest BCUT2D eigenvalue weighted by molar-refractivity contribution is 5.97. The lowest BCUT2D eigenvalue weighted by Gasteiger charge is -2.26. The Morgan fingerprint density at radius 1 is 0.279 bits per heavy atom. The fourth-order valence-electron chi connectivity index (χ4n) is 11.6. The van der Waals surface area contributed by atoms with Gasteiger partial charge in [-0.15, -0.1) is 0 Å². The van der Waals surface area contributed by atoms with E-state index in [0.717, 1.165) is 63.7 Å². The molecule has 412 valence electrons. The van der Waals surface area contributed by atoms with Crippen molar-refractivity contribution in [2.45, 2.75) is 26.7 Å². The van der Waals surface area contributed by atoms with Gasteiger partial charge in [-0.25, -0.2) is 0 Å². The van der Waals surface area contributed by atoms with E-state index in [4.69, 9.17) is 0 Å². The van der Waals surface area contributed by atoms with Gasteiger partial charge in [-0.1, -0.05) is 254 Å². The van der Waals surface area contributed by atoms with Crippen LogP contribution in [0.3, 0.4) is 0 Å². The number of anilines is 6. The average molecular weight is 1100 g/mol. The van der Waals surface area contributed by atoms with Crippen molar-refractivity contribution in [3.63, 3.8) is 0 Å². The van der Waals surface area contributed by atoms with E-state index in [-0.39, 0.29) is 0 Å². The molecule has 13 aromatic carbocycles. The summed E-state index contributed by atoms with van der Waals surface area (Å²) in [4.78, 5) is 4.70. The van der Waals surface area contributed by atoms with E-state index in [1.807, 2.05) is 0 Å². The third-order valence-electron chi connectivity index (χ3n) is 16.3. The molecule has 0 atom stereocenters. The molecule has 13 aromatic rings. The van der Waals surface area contributed by atoms with Crippen molar-refractivity contribution in [2.75, 3.05) is 9.80 Å². The normalized spacial score (nSPS) is 11.8. The summed E-state index contributed by atoms with van der Waals surface area (Å²) >= 11 is 0. The summed E-state index contributed by atoms with van der Waals surface area (Å²) in [6.45, 7) is 4.28. The predicted molar refractivity (Wildman–Crippen MR) is 369 cm³/mol. The molecule has 0 fully saturated rings. The van der Waals surface area contributed by atoms with E-state index >= 15 is 0 Å². The minimum absolute atomic E-state index is 0.927. The Morgan fingerprint density at radius 2 is 0.640 bits per heavy atom. The Bertz CT molecular complexity index is 4520. The van der Waals surface area contributed by atoms with Gasteiger partial charge in [0.1, 0.15) is 0 Å². The van der Waals surface area contributed by atoms with Gasteiger partial charge >= 0.3 is 0 Å². The van der Waals surface area contributed by atoms with Crippen LogP contribution in [-0.2, 0) is 12.8 Å². The third-order valence-corrected chi connectivity index (χ3v) is 16.3. The van der Waals surface area contributed by atoms with Gasteiger partial charge in [0.15, 0.2) is 0 Å². The van der Waals surface area contributed by atoms with Crippen molar-refractivity contribution < 1.29 is 0 Å². The maximum absolute atomic E-state index is 2.36. The monoisotopic (exact) mass is 1100 g/mol. The first-order valence-corrected chi connectivity index (χ1v) is 29.8. The van der Waals surface area contributed by atoms with Crippen LogP contribution in [0.15, 0.2) is 315 Å². The van der Waals surface area contributed by atoms with Gasteiger partial charge in [0, 0.05) is 34.1 Å². The smallest absolute Gasteiger partial charge is 0.0462 e. The maximum Gasteiger partial charge on any atom is 0.0462 e. The van der Waals surface area contributed by atoms with E-state index in [0.29, 0.717) is 0 Å². The van der Waals surface area contributed by atoms with Gasteiger partial charge in [-0.2, -0.15) is 0 Å². The second-order valence-electron chi connectivity index (χ2n) is 22.3. The molecule has 0 aliphatic rings. The van der Waals surface area contributed by atoms with Crippen LogP contribution in [0.2, 0.25) is 0 Å². The summed E-state index contributed by atoms with van der Waals surface area (Å²) in [5.41, 5.74) is 23.6. The highest BCUT2D eigenvalue weighted by atomic mass is 15.1. The standard InChI is InChI=1S/C84H66N2/c1-61-25-45-77(46-26-61)85(81-53-35-65(36-54-81)57-83(71-19-5-3-6-20-71)75-43-41-69-17-11-13-23-73(69)59-75)79-49-31-63(32-50-79)29-39-67-15-9-10-16-68(67)40-30-64-33-51-80(52-34-64)86(78-47-27-62(2)28-48-78)82-55-37-66(38-56-82)58-84(72-21-7-4-8-22-72)76-44-42-70-18-12-14-24-74(70)60-76/h3-29,31-39,41-60H,30,40H2,1-2H3/b39-29+,83-57+,84-58+. The van der Waals surface area contributed by atoms with Crippen molar-refractivity contribution in [1.29, 1.82) is 0 Å². The molecule has 0 amide bonds. The summed E-state index contributed by atoms with van der Waals surface area (Å²) < 4.78 is 0. The summed E-state index contributed by atoms with van der Waals surface area (Å²) in [6.07, 6.45) is 11.0. The third kappa shape index (κ3) is 12.6. The highest BCUT2D eigenvalue weighted by Gasteiger charge is 2.16. The second kappa shape index (κ2) is 25.4. The van der Waals surface area contributed by atoms with Crippen LogP contribution in [-0.4, -0.2) is 0 Å². The molecule has 13 rings (SSSR count). The lowest BCUT2D eigenvalue weighted by Crippen LogP contribution is -2.10. The van der Waals surface area contributed by atoms with Crippen LogP contribution in [0.4, 0.5) is 34.1 Å². The van der Waals surface area contributed by atoms with Crippen LogP contribution < -0.4 is 9.80 Å². The van der Waals surface area contributed by atoms with Gasteiger partial charge in [-0.05, 0) is 212 Å². The van der Waals surface area contributed by atoms with Gasteiger partial charge in [-0.3, -0.25) is 0 Å². The van der Waals surface area contributed by atoms with E-state index in [1.54, 1.807) is 0 Å². The van der Waals surface area contributed by atoms with Gasteiger partial charge in [0.05, 0.1) is 0 Å². The molecule has 0 aromatic heterocycles. The molecule has 2 nitrogen and oxygen atoms in total. The Hall–Kier alpha value is -10.8. The lowest BCUT2D eigenvalue weighted by atomic mass is 9.94. The summed E-state index contributed by atoms with van der Waals surface area (Å²) in [5, 5.41) is 4.95. The maximum atomic E-state index is 2.36. The first-order chi connectivity index (χ1) is 42.4. The van der Waals surface area contributed by atoms with Gasteiger partial charge < -0.3 is 9.80 Å². The minimum atomic E-state index is 0.927. The number of nitrogens with zero attached hydrogens (tertiary/aromatic N) is 2. The quantitative estimate of drug-likeness (QED) is 0.0839. The molecule has 0 heterocycles. The zero-order valence-corrected chi connectivity index (χ0v) is 48.6. The van der Waals surface area contributed by atoms with Gasteiger partial charge in [0.2, 0.25) is 0 Å². The van der Waals surface area contributed by atoms with Gasteiger partial charge in [0.25, 0.3) is 0 Å². The van der Waals surface area contributed by atoms with Crippen LogP contribution in [0.5, 0.6) is 0 Å². The molecule has 0 radical (unpaired) electrons. The lowest BCUT2D eigenvalue weighted by molar-refractivity contribution is 0.957. The molecule has 0 N–H and O–H groups in total. The van der Waals surface area contributed by atoms with Crippen LogP contribution >= 0.6 is 0 Å². The number of rotatable bonds is 17. The molecular formula is C84H66N2. The molecule has 0 aliphatic heterocycles. The number of fused-ring (bicyclic) bond motifs is 2. The Balaban J connectivity index is 0.712. The summed E-state index contributed by atoms with van der Waals surface area (Å²) in [6, 6.07) is 115. The summed E-state index contributed by atoms with van der Waals surface area (Å²) in [7, 11) is 0. The van der Waals surface area contributed by atoms with Crippen molar-refractivity contribution in [3.8, 4) is 0 Å². The van der Waals surface area contributed by atoms with Crippen molar-refractivity contribution in [3.05, 3.63) is 382 Å². The molecule has 86 heavy (non-hydrogen) atoms. The minimum Gasteiger partial charge on any atom is -0.311 e. The highest BCUT2D eigenvalue weighted by Crippen LogP contribution is 2.39. The topological polar surface area (TPSA) is 6.48 Å². The number of aryl methyl sites for hydroxylation is 4. The Kier molecular flexibility index (Phi) is 16.1. The fourth-order valence-corrected chi connectivity index (χ4v) is 11.6. The molecule has 2 heteroatoms. The molecule has 0 aliphatic carbocycles. The van der Waals surface area contributed by atoms with E-state index in [1.165, 1.54) is 82.8 Å².